The number of para-hydroxylation sites is 1. The van der Waals surface area contributed by atoms with Gasteiger partial charge in [-0.25, -0.2) is 0 Å². The third-order valence-corrected chi connectivity index (χ3v) is 6.74. The highest BCUT2D eigenvalue weighted by Gasteiger charge is 2.44. The molecule has 32 heavy (non-hydrogen) atoms. The van der Waals surface area contributed by atoms with E-state index in [9.17, 15) is 14.7 Å². The number of carbonyl (C=O) groups excluding carboxylic acids is 1. The monoisotopic (exact) mass is 429 g/mol. The lowest BCUT2D eigenvalue weighted by molar-refractivity contribution is 0.0667. The second-order valence-electron chi connectivity index (χ2n) is 8.75. The van der Waals surface area contributed by atoms with E-state index >= 15 is 0 Å². The lowest BCUT2D eigenvalue weighted by Crippen LogP contribution is -2.55. The van der Waals surface area contributed by atoms with Gasteiger partial charge in [0.2, 0.25) is 5.43 Å². The number of fused-ring (bicyclic) bond motifs is 6. The summed E-state index contributed by atoms with van der Waals surface area (Å²) in [5.74, 6) is 0.730. The second kappa shape index (κ2) is 7.15. The van der Waals surface area contributed by atoms with Gasteiger partial charge in [0.25, 0.3) is 5.91 Å². The minimum atomic E-state index is -0.556. The number of aromatic hydroxyl groups is 1. The molecule has 0 unspecified atom stereocenters. The molecule has 162 valence electrons. The van der Waals surface area contributed by atoms with Crippen molar-refractivity contribution >= 4 is 5.91 Å². The van der Waals surface area contributed by atoms with Crippen LogP contribution in [0.3, 0.4) is 0 Å². The fourth-order valence-corrected chi connectivity index (χ4v) is 4.94. The summed E-state index contributed by atoms with van der Waals surface area (Å²) in [6, 6.07) is 19.0. The van der Waals surface area contributed by atoms with Crippen molar-refractivity contribution in [1.82, 2.24) is 9.58 Å². The van der Waals surface area contributed by atoms with Crippen molar-refractivity contribution in [2.75, 3.05) is 24.8 Å². The molecule has 2 aliphatic heterocycles. The maximum Gasteiger partial charge on any atom is 0.277 e. The molecule has 1 N–H and O–H groups in total. The molecule has 1 fully saturated rings. The number of aromatic nitrogens is 1. The molecule has 0 saturated heterocycles. The summed E-state index contributed by atoms with van der Waals surface area (Å²) in [5, 5.41) is 12.6. The number of pyridine rings is 1. The number of amides is 1. The highest BCUT2D eigenvalue weighted by molar-refractivity contribution is 5.96. The van der Waals surface area contributed by atoms with E-state index in [4.69, 9.17) is 4.74 Å². The first-order chi connectivity index (χ1) is 15.6. The van der Waals surface area contributed by atoms with Gasteiger partial charge in [0.05, 0.1) is 6.61 Å². The van der Waals surface area contributed by atoms with Crippen LogP contribution < -0.4 is 15.2 Å². The van der Waals surface area contributed by atoms with Gasteiger partial charge in [-0.1, -0.05) is 48.5 Å². The van der Waals surface area contributed by atoms with Crippen molar-refractivity contribution in [3.05, 3.63) is 93.9 Å². The number of ether oxygens (including phenoxy) is 1. The lowest BCUT2D eigenvalue weighted by atomic mass is 9.97. The molecule has 3 heterocycles. The van der Waals surface area contributed by atoms with E-state index in [1.54, 1.807) is 15.8 Å². The first-order valence-corrected chi connectivity index (χ1v) is 10.9. The van der Waals surface area contributed by atoms with Gasteiger partial charge in [0.15, 0.2) is 11.4 Å². The van der Waals surface area contributed by atoms with Crippen LogP contribution in [-0.2, 0) is 0 Å². The van der Waals surface area contributed by atoms with E-state index in [1.807, 2.05) is 59.6 Å². The van der Waals surface area contributed by atoms with Crippen molar-refractivity contribution in [3.63, 3.8) is 0 Å². The molecule has 7 heteroatoms. The quantitative estimate of drug-likeness (QED) is 0.644. The third kappa shape index (κ3) is 2.96. The zero-order valence-electron chi connectivity index (χ0n) is 17.4. The Labute approximate surface area is 185 Å². The van der Waals surface area contributed by atoms with Crippen LogP contribution in [0.1, 0.15) is 34.1 Å². The summed E-state index contributed by atoms with van der Waals surface area (Å²) in [7, 11) is 0. The highest BCUT2D eigenvalue weighted by atomic mass is 16.5. The first-order valence-electron chi connectivity index (χ1n) is 10.9. The first kappa shape index (κ1) is 19.0. The molecule has 3 atom stereocenters. The molecular weight excluding hydrogens is 406 g/mol. The molecular formula is C25H23N3O4. The van der Waals surface area contributed by atoms with Crippen LogP contribution in [0.25, 0.3) is 0 Å². The second-order valence-corrected chi connectivity index (χ2v) is 8.75. The summed E-state index contributed by atoms with van der Waals surface area (Å²) in [4.78, 5) is 27.3. The SMILES string of the molecule is O=C1c2c(O)c(=O)ccn2N2CN1C[C@@H]1C[C@H]1COc1ccccc1[C@H]2c1ccccc1. The van der Waals surface area contributed by atoms with Gasteiger partial charge in [0, 0.05) is 24.4 Å². The van der Waals surface area contributed by atoms with Crippen LogP contribution in [0.15, 0.2) is 71.7 Å². The zero-order chi connectivity index (χ0) is 21.8. The van der Waals surface area contributed by atoms with Crippen LogP contribution in [0.2, 0.25) is 0 Å². The summed E-state index contributed by atoms with van der Waals surface area (Å²) in [5.41, 5.74) is 1.45. The van der Waals surface area contributed by atoms with Gasteiger partial charge in [-0.2, -0.15) is 0 Å². The Morgan fingerprint density at radius 1 is 0.938 bits per heavy atom. The van der Waals surface area contributed by atoms with E-state index in [0.29, 0.717) is 31.7 Å². The number of carbonyl (C=O) groups is 1. The average molecular weight is 429 g/mol. The molecule has 1 aromatic heterocycles. The van der Waals surface area contributed by atoms with Gasteiger partial charge in [-0.3, -0.25) is 19.3 Å². The van der Waals surface area contributed by atoms with Crippen molar-refractivity contribution in [2.24, 2.45) is 11.8 Å². The molecule has 1 saturated carbocycles. The maximum atomic E-state index is 13.4. The maximum absolute atomic E-state index is 13.4. The van der Waals surface area contributed by atoms with Crippen LogP contribution in [0, 0.1) is 11.8 Å². The van der Waals surface area contributed by atoms with Gasteiger partial charge >= 0.3 is 0 Å². The standard InChI is InChI=1S/C25H23N3O4/c29-20-10-11-27-23(24(20)30)25(31)26-13-17-12-18(17)14-32-21-9-5-4-8-19(21)22(28(27)15-26)16-6-2-1-3-7-16/h1-11,17-18,22,30H,12-15H2/t17-,18-,22+/m0/s1. The molecule has 0 radical (unpaired) electrons. The molecule has 6 rings (SSSR count). The van der Waals surface area contributed by atoms with Gasteiger partial charge in [-0.05, 0) is 29.9 Å². The number of nitrogens with zero attached hydrogens (tertiary/aromatic N) is 3. The topological polar surface area (TPSA) is 75.0 Å². The van der Waals surface area contributed by atoms with E-state index in [1.165, 1.54) is 6.07 Å². The Morgan fingerprint density at radius 2 is 1.72 bits per heavy atom. The Hall–Kier alpha value is -3.74. The van der Waals surface area contributed by atoms with Crippen LogP contribution in [0.4, 0.5) is 0 Å². The van der Waals surface area contributed by atoms with Gasteiger partial charge in [0.1, 0.15) is 18.5 Å². The van der Waals surface area contributed by atoms with Crippen molar-refractivity contribution < 1.29 is 14.6 Å². The summed E-state index contributed by atoms with van der Waals surface area (Å²) < 4.78 is 7.92. The van der Waals surface area contributed by atoms with Crippen molar-refractivity contribution in [2.45, 2.75) is 12.5 Å². The fraction of sp³-hybridized carbons (Fsp3) is 0.280. The third-order valence-electron chi connectivity index (χ3n) is 6.74. The number of benzene rings is 2. The average Bonchev–Trinajstić information content (AvgIpc) is 3.56. The molecule has 3 aromatic rings. The highest BCUT2D eigenvalue weighted by Crippen LogP contribution is 2.43. The van der Waals surface area contributed by atoms with Crippen molar-refractivity contribution in [3.8, 4) is 11.5 Å². The fourth-order valence-electron chi connectivity index (χ4n) is 4.94. The number of rotatable bonds is 1. The largest absolute Gasteiger partial charge is 0.502 e. The summed E-state index contributed by atoms with van der Waals surface area (Å²) in [6.45, 7) is 1.52. The molecule has 3 aliphatic rings. The van der Waals surface area contributed by atoms with E-state index < -0.39 is 11.2 Å². The minimum Gasteiger partial charge on any atom is -0.502 e. The minimum absolute atomic E-state index is 0.0135. The number of hydrogen-bond donors (Lipinski definition) is 1. The summed E-state index contributed by atoms with van der Waals surface area (Å²) >= 11 is 0. The molecule has 1 aliphatic carbocycles. The number of hydrogen-bond acceptors (Lipinski definition) is 5. The Bertz CT molecular complexity index is 1260. The zero-order valence-corrected chi connectivity index (χ0v) is 17.4. The molecule has 2 bridgehead atoms. The predicted octanol–water partition coefficient (Wildman–Crippen LogP) is 2.72. The Kier molecular flexibility index (Phi) is 4.24. The van der Waals surface area contributed by atoms with Crippen LogP contribution in [-0.4, -0.2) is 40.4 Å². The van der Waals surface area contributed by atoms with Crippen LogP contribution in [0.5, 0.6) is 11.5 Å². The molecule has 7 nitrogen and oxygen atoms in total. The Morgan fingerprint density at radius 3 is 2.56 bits per heavy atom. The molecule has 0 spiro atoms. The van der Waals surface area contributed by atoms with E-state index in [0.717, 1.165) is 23.3 Å². The Balaban J connectivity index is 1.61. The predicted molar refractivity (Wildman–Crippen MR) is 118 cm³/mol. The van der Waals surface area contributed by atoms with E-state index in [-0.39, 0.29) is 17.6 Å². The molecule has 1 amide bonds. The van der Waals surface area contributed by atoms with Crippen molar-refractivity contribution in [1.29, 1.82) is 0 Å². The molecule has 2 aromatic carbocycles. The smallest absolute Gasteiger partial charge is 0.277 e. The normalized spacial score (nSPS) is 23.9. The lowest BCUT2D eigenvalue weighted by Gasteiger charge is -2.44. The van der Waals surface area contributed by atoms with Crippen LogP contribution >= 0.6 is 0 Å². The van der Waals surface area contributed by atoms with Gasteiger partial charge in [-0.15, -0.1) is 0 Å². The summed E-state index contributed by atoms with van der Waals surface area (Å²) in [6.07, 6.45) is 2.58. The van der Waals surface area contributed by atoms with E-state index in [2.05, 4.69) is 0 Å². The van der Waals surface area contributed by atoms with Gasteiger partial charge < -0.3 is 14.7 Å².